The number of carbonyl (C=O) groups is 2. The van der Waals surface area contributed by atoms with Gasteiger partial charge in [-0.2, -0.15) is 0 Å². The zero-order chi connectivity index (χ0) is 20.1. The lowest BCUT2D eigenvalue weighted by atomic mass is 10.2. The molecule has 2 aromatic rings. The number of hydrogen-bond donors (Lipinski definition) is 2. The first-order valence-electron chi connectivity index (χ1n) is 8.44. The Labute approximate surface area is 166 Å². The number of nitrogens with zero attached hydrogens (tertiary/aromatic N) is 1. The number of phenols is 1. The Morgan fingerprint density at radius 3 is 2.68 bits per heavy atom. The first-order chi connectivity index (χ1) is 13.5. The van der Waals surface area contributed by atoms with Crippen molar-refractivity contribution in [1.82, 2.24) is 5.32 Å². The minimum absolute atomic E-state index is 0.0293. The van der Waals surface area contributed by atoms with Gasteiger partial charge in [-0.15, -0.1) is 0 Å². The van der Waals surface area contributed by atoms with Crippen molar-refractivity contribution in [3.05, 3.63) is 58.5 Å². The Morgan fingerprint density at radius 1 is 1.25 bits per heavy atom. The van der Waals surface area contributed by atoms with Gasteiger partial charge in [-0.1, -0.05) is 6.07 Å². The normalized spacial score (nSPS) is 16.3. The summed E-state index contributed by atoms with van der Waals surface area (Å²) in [6, 6.07) is 11.4. The molecule has 1 saturated heterocycles. The number of rotatable bonds is 5. The van der Waals surface area contributed by atoms with E-state index in [4.69, 9.17) is 9.47 Å². The second-order valence-corrected chi connectivity index (χ2v) is 6.71. The van der Waals surface area contributed by atoms with Crippen molar-refractivity contribution in [3.63, 3.8) is 0 Å². The van der Waals surface area contributed by atoms with E-state index in [9.17, 15) is 14.7 Å². The number of esters is 1. The highest BCUT2D eigenvalue weighted by Gasteiger charge is 2.24. The summed E-state index contributed by atoms with van der Waals surface area (Å²) in [5.41, 5.74) is 1.76. The van der Waals surface area contributed by atoms with E-state index in [0.717, 1.165) is 0 Å². The molecule has 2 aromatic carbocycles. The van der Waals surface area contributed by atoms with Crippen LogP contribution in [0.5, 0.6) is 11.5 Å². The molecule has 1 heterocycles. The number of aliphatic imine (C=N–C) groups is 1. The van der Waals surface area contributed by atoms with Crippen LogP contribution in [0, 0.1) is 0 Å². The van der Waals surface area contributed by atoms with Crippen molar-refractivity contribution in [3.8, 4) is 11.5 Å². The third-order valence-corrected chi connectivity index (χ3v) is 4.67. The summed E-state index contributed by atoms with van der Waals surface area (Å²) < 4.78 is 10.0. The lowest BCUT2D eigenvalue weighted by Crippen LogP contribution is -2.19. The molecule has 3 rings (SSSR count). The molecule has 28 heavy (non-hydrogen) atoms. The third kappa shape index (κ3) is 4.52. The molecule has 0 aliphatic carbocycles. The minimum Gasteiger partial charge on any atom is -0.504 e. The highest BCUT2D eigenvalue weighted by atomic mass is 32.2. The van der Waals surface area contributed by atoms with Crippen molar-refractivity contribution < 1.29 is 24.2 Å². The van der Waals surface area contributed by atoms with Gasteiger partial charge in [0.2, 0.25) is 0 Å². The van der Waals surface area contributed by atoms with Gasteiger partial charge in [-0.05, 0) is 66.7 Å². The molecule has 7 nitrogen and oxygen atoms in total. The number of methoxy groups -OCH3 is 1. The van der Waals surface area contributed by atoms with Gasteiger partial charge in [0.15, 0.2) is 16.7 Å². The van der Waals surface area contributed by atoms with E-state index < -0.39 is 0 Å². The van der Waals surface area contributed by atoms with Gasteiger partial charge < -0.3 is 19.9 Å². The van der Waals surface area contributed by atoms with Crippen molar-refractivity contribution in [2.75, 3.05) is 13.7 Å². The van der Waals surface area contributed by atoms with E-state index in [1.807, 2.05) is 0 Å². The van der Waals surface area contributed by atoms with Gasteiger partial charge in [0.25, 0.3) is 5.91 Å². The van der Waals surface area contributed by atoms with E-state index >= 15 is 0 Å². The zero-order valence-corrected chi connectivity index (χ0v) is 16.1. The van der Waals surface area contributed by atoms with Gasteiger partial charge in [0.05, 0.1) is 29.9 Å². The predicted molar refractivity (Wildman–Crippen MR) is 108 cm³/mol. The first-order valence-corrected chi connectivity index (χ1v) is 9.25. The summed E-state index contributed by atoms with van der Waals surface area (Å²) in [5.74, 6) is -0.297. The van der Waals surface area contributed by atoms with Crippen molar-refractivity contribution in [2.45, 2.75) is 6.92 Å². The number of thioether (sulfide) groups is 1. The predicted octanol–water partition coefficient (Wildman–Crippen LogP) is 3.47. The number of nitrogens with one attached hydrogen (secondary N) is 1. The van der Waals surface area contributed by atoms with E-state index in [-0.39, 0.29) is 17.6 Å². The van der Waals surface area contributed by atoms with Gasteiger partial charge in [0, 0.05) is 0 Å². The summed E-state index contributed by atoms with van der Waals surface area (Å²) >= 11 is 1.20. The van der Waals surface area contributed by atoms with Crippen LogP contribution >= 0.6 is 11.8 Å². The van der Waals surface area contributed by atoms with Crippen molar-refractivity contribution >= 4 is 40.6 Å². The lowest BCUT2D eigenvalue weighted by Gasteiger charge is -2.03. The molecule has 1 amide bonds. The summed E-state index contributed by atoms with van der Waals surface area (Å²) in [5, 5.41) is 12.8. The van der Waals surface area contributed by atoms with Crippen LogP contribution in [0.2, 0.25) is 0 Å². The van der Waals surface area contributed by atoms with Gasteiger partial charge in [-0.3, -0.25) is 4.79 Å². The first kappa shape index (κ1) is 19.5. The molecule has 0 spiro atoms. The molecule has 0 radical (unpaired) electrons. The van der Waals surface area contributed by atoms with Crippen LogP contribution in [0.4, 0.5) is 5.69 Å². The molecule has 0 unspecified atom stereocenters. The maximum Gasteiger partial charge on any atom is 0.338 e. The number of benzene rings is 2. The molecular weight excluding hydrogens is 380 g/mol. The third-order valence-electron chi connectivity index (χ3n) is 3.76. The van der Waals surface area contributed by atoms with Crippen LogP contribution in [0.15, 0.2) is 52.4 Å². The molecule has 0 aromatic heterocycles. The van der Waals surface area contributed by atoms with Crippen LogP contribution in [0.3, 0.4) is 0 Å². The van der Waals surface area contributed by atoms with Gasteiger partial charge in [-0.25, -0.2) is 9.79 Å². The van der Waals surface area contributed by atoms with Crippen LogP contribution in [-0.2, 0) is 9.53 Å². The number of amidine groups is 1. The number of phenolic OH excluding ortho intramolecular Hbond substituents is 1. The molecule has 0 saturated carbocycles. The van der Waals surface area contributed by atoms with E-state index in [1.165, 1.54) is 24.9 Å². The van der Waals surface area contributed by atoms with Crippen LogP contribution < -0.4 is 10.1 Å². The maximum atomic E-state index is 12.2. The fraction of sp³-hybridized carbons (Fsp3) is 0.150. The fourth-order valence-corrected chi connectivity index (χ4v) is 3.26. The topological polar surface area (TPSA) is 97.2 Å². The Balaban J connectivity index is 1.76. The molecule has 144 valence electrons. The van der Waals surface area contributed by atoms with Gasteiger partial charge >= 0.3 is 5.97 Å². The average molecular weight is 398 g/mol. The molecule has 1 fully saturated rings. The number of ether oxygens (including phenoxy) is 2. The second kappa shape index (κ2) is 8.62. The molecule has 8 heteroatoms. The number of carbonyl (C=O) groups excluding carboxylic acids is 2. The standard InChI is InChI=1S/C20H18N2O5S/c1-3-27-19(25)13-5-7-14(8-6-13)21-20-22-18(24)17(28-20)11-12-4-9-15(23)16(10-12)26-2/h4-11,23H,3H2,1-2H3,(H,21,22,24)/b17-11-. The highest BCUT2D eigenvalue weighted by molar-refractivity contribution is 8.18. The highest BCUT2D eigenvalue weighted by Crippen LogP contribution is 2.31. The Morgan fingerprint density at radius 2 is 2.00 bits per heavy atom. The Kier molecular flexibility index (Phi) is 6.00. The quantitative estimate of drug-likeness (QED) is 0.591. The number of aromatic hydroxyl groups is 1. The maximum absolute atomic E-state index is 12.2. The molecule has 2 N–H and O–H groups in total. The van der Waals surface area contributed by atoms with E-state index in [0.29, 0.717) is 39.2 Å². The summed E-state index contributed by atoms with van der Waals surface area (Å²) in [4.78, 5) is 28.7. The monoisotopic (exact) mass is 398 g/mol. The molecule has 1 aliphatic rings. The number of amides is 1. The fourth-order valence-electron chi connectivity index (χ4n) is 2.42. The second-order valence-electron chi connectivity index (χ2n) is 5.68. The summed E-state index contributed by atoms with van der Waals surface area (Å²) in [6.07, 6.45) is 1.69. The molecule has 1 aliphatic heterocycles. The van der Waals surface area contributed by atoms with Crippen LogP contribution in [-0.4, -0.2) is 35.9 Å². The smallest absolute Gasteiger partial charge is 0.338 e. The molecular formula is C20H18N2O5S. The van der Waals surface area contributed by atoms with Crippen LogP contribution in [0.1, 0.15) is 22.8 Å². The largest absolute Gasteiger partial charge is 0.504 e. The zero-order valence-electron chi connectivity index (χ0n) is 15.3. The van der Waals surface area contributed by atoms with Crippen molar-refractivity contribution in [1.29, 1.82) is 0 Å². The Hall–Kier alpha value is -3.26. The lowest BCUT2D eigenvalue weighted by molar-refractivity contribution is -0.115. The molecule has 0 bridgehead atoms. The summed E-state index contributed by atoms with van der Waals surface area (Å²) in [7, 11) is 1.46. The summed E-state index contributed by atoms with van der Waals surface area (Å²) in [6.45, 7) is 2.06. The van der Waals surface area contributed by atoms with Gasteiger partial charge in [0.1, 0.15) is 0 Å². The van der Waals surface area contributed by atoms with E-state index in [1.54, 1.807) is 49.4 Å². The van der Waals surface area contributed by atoms with E-state index in [2.05, 4.69) is 10.3 Å². The SMILES string of the molecule is CCOC(=O)c1ccc(N=C2NC(=O)/C(=C/c3ccc(O)c(OC)c3)S2)cc1. The van der Waals surface area contributed by atoms with Crippen molar-refractivity contribution in [2.24, 2.45) is 4.99 Å². The molecule has 0 atom stereocenters. The number of hydrogen-bond acceptors (Lipinski definition) is 7. The minimum atomic E-state index is -0.389. The van der Waals surface area contributed by atoms with Crippen LogP contribution in [0.25, 0.3) is 6.08 Å². The average Bonchev–Trinajstić information content (AvgIpc) is 3.02. The Bertz CT molecular complexity index is 967.